The van der Waals surface area contributed by atoms with Crippen LogP contribution in [-0.4, -0.2) is 32.5 Å². The normalized spacial score (nSPS) is 27.7. The number of hydrogen-bond donors (Lipinski definition) is 2. The lowest BCUT2D eigenvalue weighted by atomic mass is 9.77. The van der Waals surface area contributed by atoms with Gasteiger partial charge in [-0.2, -0.15) is 5.01 Å². The molecular formula is C15H17N5O2S. The smallest absolute Gasteiger partial charge is 0.322 e. The summed E-state index contributed by atoms with van der Waals surface area (Å²) in [6, 6.07) is 1.46. The van der Waals surface area contributed by atoms with Gasteiger partial charge in [-0.05, 0) is 43.0 Å². The highest BCUT2D eigenvalue weighted by Crippen LogP contribution is 2.36. The summed E-state index contributed by atoms with van der Waals surface area (Å²) >= 11 is 1.49. The molecule has 23 heavy (non-hydrogen) atoms. The zero-order valence-corrected chi connectivity index (χ0v) is 13.5. The van der Waals surface area contributed by atoms with E-state index in [0.29, 0.717) is 24.6 Å². The van der Waals surface area contributed by atoms with Crippen molar-refractivity contribution in [3.63, 3.8) is 0 Å². The SMILES string of the molecule is CC1CCC2(CC1)NC(=O)N(Nc1ncnc3sccc13)C2=O. The topological polar surface area (TPSA) is 87.2 Å². The molecule has 1 aliphatic heterocycles. The fraction of sp³-hybridized carbons (Fsp3) is 0.467. The van der Waals surface area contributed by atoms with E-state index in [9.17, 15) is 9.59 Å². The first-order chi connectivity index (χ1) is 11.1. The van der Waals surface area contributed by atoms with Crippen LogP contribution in [0, 0.1) is 5.92 Å². The molecule has 4 rings (SSSR count). The van der Waals surface area contributed by atoms with Crippen LogP contribution in [0.15, 0.2) is 17.8 Å². The van der Waals surface area contributed by atoms with Crippen LogP contribution in [0.3, 0.4) is 0 Å². The van der Waals surface area contributed by atoms with Gasteiger partial charge >= 0.3 is 6.03 Å². The predicted octanol–water partition coefficient (Wildman–Crippen LogP) is 2.52. The fourth-order valence-corrected chi connectivity index (χ4v) is 4.03. The van der Waals surface area contributed by atoms with E-state index in [1.807, 2.05) is 11.4 Å². The van der Waals surface area contributed by atoms with Crippen molar-refractivity contribution in [3.05, 3.63) is 17.8 Å². The van der Waals surface area contributed by atoms with E-state index in [-0.39, 0.29) is 5.91 Å². The number of hydrogen-bond acceptors (Lipinski definition) is 6. The van der Waals surface area contributed by atoms with Crippen LogP contribution in [0.1, 0.15) is 32.6 Å². The highest BCUT2D eigenvalue weighted by atomic mass is 32.1. The number of nitrogens with one attached hydrogen (secondary N) is 2. The number of fused-ring (bicyclic) bond motifs is 1. The molecular weight excluding hydrogens is 314 g/mol. The number of imide groups is 1. The van der Waals surface area contributed by atoms with E-state index in [0.717, 1.165) is 28.1 Å². The first kappa shape index (κ1) is 14.4. The zero-order chi connectivity index (χ0) is 16.0. The molecule has 0 aromatic carbocycles. The van der Waals surface area contributed by atoms with Crippen molar-refractivity contribution in [2.24, 2.45) is 5.92 Å². The number of amides is 3. The van der Waals surface area contributed by atoms with E-state index >= 15 is 0 Å². The van der Waals surface area contributed by atoms with E-state index < -0.39 is 11.6 Å². The molecule has 2 aliphatic rings. The molecule has 2 aromatic rings. The maximum absolute atomic E-state index is 12.8. The Kier molecular flexibility index (Phi) is 3.22. The van der Waals surface area contributed by atoms with Gasteiger partial charge in [-0.15, -0.1) is 11.3 Å². The van der Waals surface area contributed by atoms with Gasteiger partial charge in [0.25, 0.3) is 5.91 Å². The average Bonchev–Trinajstić information content (AvgIpc) is 3.10. The number of carbonyl (C=O) groups is 2. The lowest BCUT2D eigenvalue weighted by molar-refractivity contribution is -0.131. The molecule has 0 atom stereocenters. The minimum atomic E-state index is -0.753. The Morgan fingerprint density at radius 3 is 2.91 bits per heavy atom. The molecule has 1 spiro atoms. The second-order valence-electron chi connectivity index (χ2n) is 6.31. The number of thiophene rings is 1. The second-order valence-corrected chi connectivity index (χ2v) is 7.20. The summed E-state index contributed by atoms with van der Waals surface area (Å²) in [5.74, 6) is 0.858. The number of carbonyl (C=O) groups excluding carboxylic acids is 2. The Balaban J connectivity index is 1.61. The van der Waals surface area contributed by atoms with E-state index in [2.05, 4.69) is 27.6 Å². The van der Waals surface area contributed by atoms with Gasteiger partial charge in [0, 0.05) is 0 Å². The Bertz CT molecular complexity index is 781. The Labute approximate surface area is 137 Å². The Morgan fingerprint density at radius 2 is 2.13 bits per heavy atom. The van der Waals surface area contributed by atoms with Gasteiger partial charge in [0.2, 0.25) is 0 Å². The maximum atomic E-state index is 12.8. The third-order valence-corrected chi connectivity index (χ3v) is 5.59. The van der Waals surface area contributed by atoms with Gasteiger partial charge in [-0.25, -0.2) is 14.8 Å². The van der Waals surface area contributed by atoms with Crippen LogP contribution >= 0.6 is 11.3 Å². The standard InChI is InChI=1S/C15H17N5O2S/c1-9-2-5-15(6-3-9)13(21)20(14(22)18-15)19-11-10-4-7-23-12(10)17-8-16-11/h4,7-9H,2-3,5-6H2,1H3,(H,18,22)(H,16,17,19). The molecule has 3 heterocycles. The van der Waals surface area contributed by atoms with E-state index in [1.54, 1.807) is 0 Å². The molecule has 3 amide bonds. The molecule has 2 fully saturated rings. The van der Waals surface area contributed by atoms with Crippen LogP contribution in [0.4, 0.5) is 10.6 Å². The molecule has 7 nitrogen and oxygen atoms in total. The van der Waals surface area contributed by atoms with Crippen LogP contribution in [-0.2, 0) is 4.79 Å². The third kappa shape index (κ3) is 2.24. The third-order valence-electron chi connectivity index (χ3n) is 4.77. The summed E-state index contributed by atoms with van der Waals surface area (Å²) in [6.45, 7) is 2.18. The summed E-state index contributed by atoms with van der Waals surface area (Å²) < 4.78 is 0. The van der Waals surface area contributed by atoms with Gasteiger partial charge in [-0.1, -0.05) is 6.92 Å². The monoisotopic (exact) mass is 331 g/mol. The summed E-state index contributed by atoms with van der Waals surface area (Å²) in [7, 11) is 0. The van der Waals surface area contributed by atoms with Gasteiger partial charge in [-0.3, -0.25) is 10.2 Å². The largest absolute Gasteiger partial charge is 0.344 e. The highest BCUT2D eigenvalue weighted by molar-refractivity contribution is 7.16. The van der Waals surface area contributed by atoms with Crippen molar-refractivity contribution in [2.45, 2.75) is 38.1 Å². The summed E-state index contributed by atoms with van der Waals surface area (Å²) in [4.78, 5) is 34.3. The van der Waals surface area contributed by atoms with Gasteiger partial charge in [0.15, 0.2) is 5.82 Å². The molecule has 2 N–H and O–H groups in total. The molecule has 0 bridgehead atoms. The Hall–Kier alpha value is -2.22. The minimum absolute atomic E-state index is 0.212. The minimum Gasteiger partial charge on any atom is -0.322 e. The number of nitrogens with zero attached hydrogens (tertiary/aromatic N) is 3. The fourth-order valence-electron chi connectivity index (χ4n) is 3.30. The van der Waals surface area contributed by atoms with E-state index in [1.165, 1.54) is 17.7 Å². The molecule has 0 radical (unpaired) electrons. The van der Waals surface area contributed by atoms with Gasteiger partial charge < -0.3 is 5.32 Å². The second kappa shape index (κ2) is 5.16. The molecule has 2 aromatic heterocycles. The van der Waals surface area contributed by atoms with Crippen LogP contribution in [0.5, 0.6) is 0 Å². The van der Waals surface area contributed by atoms with E-state index in [4.69, 9.17) is 0 Å². The lowest BCUT2D eigenvalue weighted by Crippen LogP contribution is -2.49. The summed E-state index contributed by atoms with van der Waals surface area (Å²) in [5.41, 5.74) is 2.13. The first-order valence-electron chi connectivity index (χ1n) is 7.71. The maximum Gasteiger partial charge on any atom is 0.344 e. The van der Waals surface area contributed by atoms with Crippen molar-refractivity contribution in [1.82, 2.24) is 20.3 Å². The van der Waals surface area contributed by atoms with Crippen molar-refractivity contribution in [2.75, 3.05) is 5.43 Å². The number of aromatic nitrogens is 2. The quantitative estimate of drug-likeness (QED) is 0.826. The lowest BCUT2D eigenvalue weighted by Gasteiger charge is -2.33. The zero-order valence-electron chi connectivity index (χ0n) is 12.7. The van der Waals surface area contributed by atoms with Crippen molar-refractivity contribution < 1.29 is 9.59 Å². The summed E-state index contributed by atoms with van der Waals surface area (Å²) in [6.07, 6.45) is 4.70. The van der Waals surface area contributed by atoms with Crippen LogP contribution in [0.25, 0.3) is 10.2 Å². The number of hydrazine groups is 1. The molecule has 1 aliphatic carbocycles. The number of rotatable bonds is 2. The van der Waals surface area contributed by atoms with Crippen molar-refractivity contribution in [3.8, 4) is 0 Å². The molecule has 1 saturated heterocycles. The number of urea groups is 1. The van der Waals surface area contributed by atoms with Gasteiger partial charge in [0.1, 0.15) is 16.7 Å². The molecule has 8 heteroatoms. The average molecular weight is 331 g/mol. The first-order valence-corrected chi connectivity index (χ1v) is 8.59. The van der Waals surface area contributed by atoms with Crippen molar-refractivity contribution in [1.29, 1.82) is 0 Å². The molecule has 0 unspecified atom stereocenters. The van der Waals surface area contributed by atoms with Crippen LogP contribution < -0.4 is 10.7 Å². The number of anilines is 1. The summed E-state index contributed by atoms with van der Waals surface area (Å²) in [5, 5.41) is 6.66. The van der Waals surface area contributed by atoms with Crippen LogP contribution in [0.2, 0.25) is 0 Å². The molecule has 120 valence electrons. The Morgan fingerprint density at radius 1 is 1.35 bits per heavy atom. The highest BCUT2D eigenvalue weighted by Gasteiger charge is 2.52. The predicted molar refractivity (Wildman–Crippen MR) is 86.8 cm³/mol. The van der Waals surface area contributed by atoms with Crippen molar-refractivity contribution >= 4 is 39.3 Å². The van der Waals surface area contributed by atoms with Gasteiger partial charge in [0.05, 0.1) is 5.39 Å². The molecule has 1 saturated carbocycles.